The molecule has 2 atom stereocenters. The molecule has 0 aromatic rings. The smallest absolute Gasteiger partial charge is 0.329 e. The number of carboxylic acids is 1. The summed E-state index contributed by atoms with van der Waals surface area (Å²) < 4.78 is 5.35. The lowest BCUT2D eigenvalue weighted by Gasteiger charge is -2.43. The molecule has 0 bridgehead atoms. The number of aliphatic carboxylic acids is 1. The van der Waals surface area contributed by atoms with Gasteiger partial charge in [0, 0.05) is 0 Å². The average molecular weight is 228 g/mol. The Balaban J connectivity index is 2.54. The lowest BCUT2D eigenvalue weighted by atomic mass is 9.64. The summed E-state index contributed by atoms with van der Waals surface area (Å²) in [5.41, 5.74) is 0.202. The van der Waals surface area contributed by atoms with Crippen LogP contribution >= 0.6 is 0 Å². The minimum atomic E-state index is -0.872. The van der Waals surface area contributed by atoms with E-state index in [1.165, 1.54) is 25.7 Å². The Morgan fingerprint density at radius 3 is 2.75 bits per heavy atom. The van der Waals surface area contributed by atoms with E-state index in [1.54, 1.807) is 0 Å². The van der Waals surface area contributed by atoms with Crippen LogP contribution in [0.1, 0.15) is 46.5 Å². The van der Waals surface area contributed by atoms with Gasteiger partial charge in [-0.25, -0.2) is 4.79 Å². The summed E-state index contributed by atoms with van der Waals surface area (Å²) in [5.74, 6) is 0.427. The van der Waals surface area contributed by atoms with Crippen LogP contribution in [0.4, 0.5) is 0 Å². The predicted octanol–water partition coefficient (Wildman–Crippen LogP) is 2.94. The summed E-state index contributed by atoms with van der Waals surface area (Å²) in [6.07, 6.45) is 4.89. The largest absolute Gasteiger partial charge is 0.480 e. The Morgan fingerprint density at radius 2 is 2.25 bits per heavy atom. The lowest BCUT2D eigenvalue weighted by molar-refractivity contribution is -0.144. The van der Waals surface area contributed by atoms with Crippen molar-refractivity contribution in [2.75, 3.05) is 13.2 Å². The summed E-state index contributed by atoms with van der Waals surface area (Å²) in [5, 5.41) is 8.59. The van der Waals surface area contributed by atoms with E-state index in [2.05, 4.69) is 20.8 Å². The molecule has 1 aliphatic rings. The SMILES string of the molecule is CC1CCCC(COCC(=O)O)(C(C)C)C1. The fraction of sp³-hybridized carbons (Fsp3) is 0.923. The summed E-state index contributed by atoms with van der Waals surface area (Å²) >= 11 is 0. The van der Waals surface area contributed by atoms with Crippen LogP contribution in [-0.2, 0) is 9.53 Å². The van der Waals surface area contributed by atoms with Gasteiger partial charge >= 0.3 is 5.97 Å². The van der Waals surface area contributed by atoms with Crippen molar-refractivity contribution >= 4 is 5.97 Å². The molecule has 0 spiro atoms. The maximum Gasteiger partial charge on any atom is 0.329 e. The van der Waals surface area contributed by atoms with Gasteiger partial charge in [0.15, 0.2) is 0 Å². The summed E-state index contributed by atoms with van der Waals surface area (Å²) in [6.45, 7) is 7.17. The van der Waals surface area contributed by atoms with Crippen molar-refractivity contribution in [3.63, 3.8) is 0 Å². The zero-order valence-electron chi connectivity index (χ0n) is 10.7. The van der Waals surface area contributed by atoms with Crippen LogP contribution in [0.2, 0.25) is 0 Å². The molecule has 1 fully saturated rings. The van der Waals surface area contributed by atoms with E-state index in [4.69, 9.17) is 9.84 Å². The summed E-state index contributed by atoms with van der Waals surface area (Å²) in [7, 11) is 0. The molecule has 0 amide bonds. The summed E-state index contributed by atoms with van der Waals surface area (Å²) in [4.78, 5) is 10.5. The van der Waals surface area contributed by atoms with Crippen molar-refractivity contribution in [2.24, 2.45) is 17.3 Å². The number of rotatable bonds is 5. The fourth-order valence-corrected chi connectivity index (χ4v) is 2.86. The van der Waals surface area contributed by atoms with Crippen LogP contribution in [-0.4, -0.2) is 24.3 Å². The minimum Gasteiger partial charge on any atom is -0.480 e. The molecule has 94 valence electrons. The topological polar surface area (TPSA) is 46.5 Å². The van der Waals surface area contributed by atoms with E-state index in [0.717, 1.165) is 5.92 Å². The molecular weight excluding hydrogens is 204 g/mol. The Labute approximate surface area is 98.2 Å². The molecule has 0 aromatic heterocycles. The Bertz CT molecular complexity index is 237. The molecule has 0 heterocycles. The molecule has 0 radical (unpaired) electrons. The fourth-order valence-electron chi connectivity index (χ4n) is 2.86. The third-order valence-electron chi connectivity index (χ3n) is 3.97. The molecule has 1 aliphatic carbocycles. The molecule has 3 nitrogen and oxygen atoms in total. The van der Waals surface area contributed by atoms with Gasteiger partial charge in [0.1, 0.15) is 6.61 Å². The standard InChI is InChI=1S/C13H24O3/c1-10(2)13(9-16-8-12(14)15)6-4-5-11(3)7-13/h10-11H,4-9H2,1-3H3,(H,14,15). The van der Waals surface area contributed by atoms with Crippen molar-refractivity contribution < 1.29 is 14.6 Å². The zero-order chi connectivity index (χ0) is 12.2. The van der Waals surface area contributed by atoms with E-state index >= 15 is 0 Å². The number of hydrogen-bond acceptors (Lipinski definition) is 2. The van der Waals surface area contributed by atoms with E-state index in [-0.39, 0.29) is 12.0 Å². The molecule has 1 saturated carbocycles. The van der Waals surface area contributed by atoms with Gasteiger partial charge in [-0.1, -0.05) is 33.6 Å². The van der Waals surface area contributed by atoms with Gasteiger partial charge in [-0.3, -0.25) is 0 Å². The van der Waals surface area contributed by atoms with Gasteiger partial charge in [-0.2, -0.15) is 0 Å². The highest BCUT2D eigenvalue weighted by atomic mass is 16.5. The van der Waals surface area contributed by atoms with Crippen LogP contribution in [0.3, 0.4) is 0 Å². The Morgan fingerprint density at radius 1 is 1.56 bits per heavy atom. The second-order valence-electron chi connectivity index (χ2n) is 5.61. The van der Waals surface area contributed by atoms with Crippen LogP contribution in [0, 0.1) is 17.3 Å². The van der Waals surface area contributed by atoms with Crippen molar-refractivity contribution in [1.82, 2.24) is 0 Å². The number of hydrogen-bond donors (Lipinski definition) is 1. The van der Waals surface area contributed by atoms with Gasteiger partial charge < -0.3 is 9.84 Å². The van der Waals surface area contributed by atoms with Crippen molar-refractivity contribution in [1.29, 1.82) is 0 Å². The average Bonchev–Trinajstić information content (AvgIpc) is 2.16. The van der Waals surface area contributed by atoms with Crippen LogP contribution in [0.25, 0.3) is 0 Å². The van der Waals surface area contributed by atoms with Gasteiger partial charge in [-0.05, 0) is 30.1 Å². The highest BCUT2D eigenvalue weighted by molar-refractivity contribution is 5.67. The Kier molecular flexibility index (Phi) is 4.78. The first-order valence-electron chi connectivity index (χ1n) is 6.26. The second-order valence-corrected chi connectivity index (χ2v) is 5.61. The highest BCUT2D eigenvalue weighted by Crippen LogP contribution is 2.44. The zero-order valence-corrected chi connectivity index (χ0v) is 10.7. The first-order valence-corrected chi connectivity index (χ1v) is 6.26. The maximum absolute atomic E-state index is 10.5. The predicted molar refractivity (Wildman–Crippen MR) is 63.4 cm³/mol. The van der Waals surface area contributed by atoms with E-state index < -0.39 is 5.97 Å². The molecule has 3 heteroatoms. The van der Waals surface area contributed by atoms with E-state index in [9.17, 15) is 4.79 Å². The monoisotopic (exact) mass is 228 g/mol. The van der Waals surface area contributed by atoms with Crippen molar-refractivity contribution in [2.45, 2.75) is 46.5 Å². The van der Waals surface area contributed by atoms with Gasteiger partial charge in [-0.15, -0.1) is 0 Å². The van der Waals surface area contributed by atoms with Crippen molar-refractivity contribution in [3.05, 3.63) is 0 Å². The third-order valence-corrected chi connectivity index (χ3v) is 3.97. The first-order chi connectivity index (χ1) is 7.46. The maximum atomic E-state index is 10.5. The normalized spacial score (nSPS) is 30.6. The molecule has 1 N–H and O–H groups in total. The molecule has 16 heavy (non-hydrogen) atoms. The number of ether oxygens (including phenoxy) is 1. The van der Waals surface area contributed by atoms with Gasteiger partial charge in [0.25, 0.3) is 0 Å². The molecule has 2 unspecified atom stereocenters. The second kappa shape index (κ2) is 5.67. The molecule has 0 aliphatic heterocycles. The highest BCUT2D eigenvalue weighted by Gasteiger charge is 2.37. The molecule has 0 aromatic carbocycles. The number of carboxylic acid groups (broad SMARTS) is 1. The molecule has 0 saturated heterocycles. The van der Waals surface area contributed by atoms with Crippen LogP contribution in [0.5, 0.6) is 0 Å². The quantitative estimate of drug-likeness (QED) is 0.787. The first kappa shape index (κ1) is 13.5. The van der Waals surface area contributed by atoms with Gasteiger partial charge in [0.2, 0.25) is 0 Å². The molecule has 1 rings (SSSR count). The van der Waals surface area contributed by atoms with Crippen LogP contribution in [0.15, 0.2) is 0 Å². The van der Waals surface area contributed by atoms with Gasteiger partial charge in [0.05, 0.1) is 6.61 Å². The summed E-state index contributed by atoms with van der Waals surface area (Å²) in [6, 6.07) is 0. The lowest BCUT2D eigenvalue weighted by Crippen LogP contribution is -2.37. The minimum absolute atomic E-state index is 0.164. The number of carbonyl (C=O) groups is 1. The molecular formula is C13H24O3. The third kappa shape index (κ3) is 3.48. The van der Waals surface area contributed by atoms with Crippen LogP contribution < -0.4 is 0 Å². The Hall–Kier alpha value is -0.570. The van der Waals surface area contributed by atoms with E-state index in [1.807, 2.05) is 0 Å². The van der Waals surface area contributed by atoms with E-state index in [0.29, 0.717) is 12.5 Å². The van der Waals surface area contributed by atoms with Crippen molar-refractivity contribution in [3.8, 4) is 0 Å².